The number of fused-ring (bicyclic) bond motifs is 1. The largest absolute Gasteiger partial charge is 0.383 e. The van der Waals surface area contributed by atoms with Crippen LogP contribution in [0.15, 0.2) is 25.0 Å². The van der Waals surface area contributed by atoms with Gasteiger partial charge in [-0.05, 0) is 36.2 Å². The van der Waals surface area contributed by atoms with E-state index in [1.807, 2.05) is 11.8 Å². The number of carbonyl (C=O) groups is 2. The minimum atomic E-state index is -0.294. The third-order valence-corrected chi connectivity index (χ3v) is 5.44. The Labute approximate surface area is 207 Å². The lowest BCUT2D eigenvalue weighted by Crippen LogP contribution is -2.37. The van der Waals surface area contributed by atoms with E-state index in [0.717, 1.165) is 0 Å². The molecule has 2 aromatic rings. The van der Waals surface area contributed by atoms with Crippen LogP contribution in [0.5, 0.6) is 0 Å². The van der Waals surface area contributed by atoms with Crippen LogP contribution in [0.4, 0.5) is 17.2 Å². The Morgan fingerprint density at radius 2 is 1.91 bits per heavy atom. The topological polar surface area (TPSA) is 105 Å². The summed E-state index contributed by atoms with van der Waals surface area (Å²) in [7, 11) is 4.92. The maximum absolute atomic E-state index is 12.0. The second-order valence-electron chi connectivity index (χ2n) is 6.96. The van der Waals surface area contributed by atoms with Gasteiger partial charge in [-0.2, -0.15) is 4.98 Å². The van der Waals surface area contributed by atoms with Gasteiger partial charge in [0, 0.05) is 34.2 Å². The number of rotatable bonds is 5. The average Bonchev–Trinajstić information content (AvgIpc) is 2.89. The van der Waals surface area contributed by atoms with Gasteiger partial charge in [0.25, 0.3) is 0 Å². The minimum absolute atomic E-state index is 0.0400. The first-order valence-electron chi connectivity index (χ1n) is 9.73. The van der Waals surface area contributed by atoms with Gasteiger partial charge in [-0.1, -0.05) is 18.2 Å². The molecule has 0 radical (unpaired) electrons. The number of aromatic nitrogens is 4. The van der Waals surface area contributed by atoms with Crippen molar-refractivity contribution in [2.24, 2.45) is 0 Å². The van der Waals surface area contributed by atoms with Crippen LogP contribution in [0.1, 0.15) is 13.3 Å². The predicted molar refractivity (Wildman–Crippen MR) is 129 cm³/mol. The minimum Gasteiger partial charge on any atom is -0.383 e. The first kappa shape index (κ1) is 26.7. The molecule has 0 aliphatic carbocycles. The number of likely N-dealkylation sites (N-methyl/N-ethyl adjacent to an activating group) is 1. The summed E-state index contributed by atoms with van der Waals surface area (Å²) in [6.07, 6.45) is 4.56. The number of ether oxygens (including phenoxy) is 1. The molecule has 0 saturated carbocycles. The lowest BCUT2D eigenvalue weighted by atomic mass is 10.2. The van der Waals surface area contributed by atoms with Crippen molar-refractivity contribution in [1.82, 2.24) is 19.9 Å². The third-order valence-electron chi connectivity index (χ3n) is 4.80. The van der Waals surface area contributed by atoms with Crippen LogP contribution >= 0.6 is 34.8 Å². The zero-order chi connectivity index (χ0) is 24.7. The molecule has 0 aromatic carbocycles. The van der Waals surface area contributed by atoms with Crippen molar-refractivity contribution in [3.05, 3.63) is 40.8 Å². The third kappa shape index (κ3) is 6.73. The molecule has 0 saturated heterocycles. The Balaban J connectivity index is 0.000000245. The van der Waals surface area contributed by atoms with Crippen LogP contribution in [-0.4, -0.2) is 72.1 Å². The van der Waals surface area contributed by atoms with Crippen LogP contribution in [0, 0.1) is 0 Å². The van der Waals surface area contributed by atoms with E-state index in [-0.39, 0.29) is 33.6 Å². The molecule has 1 unspecified atom stereocenters. The summed E-state index contributed by atoms with van der Waals surface area (Å²) in [5, 5.41) is 0.344. The molecule has 0 spiro atoms. The normalized spacial score (nSPS) is 14.0. The molecule has 0 bridgehead atoms. The Kier molecular flexibility index (Phi) is 9.78. The lowest BCUT2D eigenvalue weighted by molar-refractivity contribution is -0.118. The number of methoxy groups -OCH3 is 1. The van der Waals surface area contributed by atoms with E-state index in [1.54, 1.807) is 32.3 Å². The number of halogens is 3. The van der Waals surface area contributed by atoms with E-state index in [2.05, 4.69) is 26.5 Å². The number of amides is 2. The smallest absolute Gasteiger partial charge is 0.250 e. The van der Waals surface area contributed by atoms with Crippen molar-refractivity contribution in [2.75, 3.05) is 49.1 Å². The number of anilines is 3. The van der Waals surface area contributed by atoms with Gasteiger partial charge >= 0.3 is 0 Å². The molecule has 0 N–H and O–H groups in total. The predicted octanol–water partition coefficient (Wildman–Crippen LogP) is 3.27. The van der Waals surface area contributed by atoms with Gasteiger partial charge < -0.3 is 19.4 Å². The van der Waals surface area contributed by atoms with Gasteiger partial charge in [0.1, 0.15) is 5.69 Å². The van der Waals surface area contributed by atoms with Crippen molar-refractivity contribution in [1.29, 1.82) is 0 Å². The van der Waals surface area contributed by atoms with Crippen LogP contribution in [0.3, 0.4) is 0 Å². The highest BCUT2D eigenvalue weighted by Crippen LogP contribution is 2.31. The highest BCUT2D eigenvalue weighted by molar-refractivity contribution is 6.34. The molecule has 2 aromatic heterocycles. The van der Waals surface area contributed by atoms with E-state index in [0.29, 0.717) is 36.8 Å². The van der Waals surface area contributed by atoms with Gasteiger partial charge in [0.2, 0.25) is 22.4 Å². The second-order valence-corrected chi connectivity index (χ2v) is 8.00. The Bertz CT molecular complexity index is 1020. The molecule has 0 fully saturated rings. The Hall–Kier alpha value is -2.53. The summed E-state index contributed by atoms with van der Waals surface area (Å²) in [6.45, 7) is 6.53. The molecule has 10 nitrogen and oxygen atoms in total. The second kappa shape index (κ2) is 12.1. The molecular weight excluding hydrogens is 493 g/mol. The van der Waals surface area contributed by atoms with Crippen LogP contribution in [-0.2, 0) is 14.3 Å². The molecule has 1 atom stereocenters. The molecule has 2 amide bonds. The SMILES string of the molecule is C=CC(=O)N(C)c1cnc(Cl)nc1Cl.COCC(C)N1CCC(=O)N(C)c2cnc(Cl)nc21. The van der Waals surface area contributed by atoms with Crippen molar-refractivity contribution >= 4 is 63.8 Å². The van der Waals surface area contributed by atoms with Crippen LogP contribution < -0.4 is 14.7 Å². The fraction of sp³-hybridized carbons (Fsp3) is 0.400. The maximum Gasteiger partial charge on any atom is 0.250 e. The Morgan fingerprint density at radius 3 is 2.52 bits per heavy atom. The zero-order valence-electron chi connectivity index (χ0n) is 18.6. The lowest BCUT2D eigenvalue weighted by Gasteiger charge is -2.29. The highest BCUT2D eigenvalue weighted by atomic mass is 35.5. The quantitative estimate of drug-likeness (QED) is 0.339. The van der Waals surface area contributed by atoms with Gasteiger partial charge in [-0.3, -0.25) is 9.59 Å². The monoisotopic (exact) mass is 515 g/mol. The van der Waals surface area contributed by atoms with Crippen molar-refractivity contribution in [2.45, 2.75) is 19.4 Å². The van der Waals surface area contributed by atoms with E-state index in [4.69, 9.17) is 39.5 Å². The summed E-state index contributed by atoms with van der Waals surface area (Å²) in [5.41, 5.74) is 1.07. The fourth-order valence-electron chi connectivity index (χ4n) is 2.99. The summed E-state index contributed by atoms with van der Waals surface area (Å²) >= 11 is 17.1. The zero-order valence-corrected chi connectivity index (χ0v) is 20.9. The summed E-state index contributed by atoms with van der Waals surface area (Å²) in [6, 6.07) is 0.106. The van der Waals surface area contributed by atoms with E-state index >= 15 is 0 Å². The number of hydrogen-bond acceptors (Lipinski definition) is 8. The highest BCUT2D eigenvalue weighted by Gasteiger charge is 2.28. The van der Waals surface area contributed by atoms with Crippen molar-refractivity contribution < 1.29 is 14.3 Å². The molecule has 178 valence electrons. The molecule has 33 heavy (non-hydrogen) atoms. The summed E-state index contributed by atoms with van der Waals surface area (Å²) in [5.74, 6) is 0.426. The first-order valence-corrected chi connectivity index (χ1v) is 10.9. The van der Waals surface area contributed by atoms with Crippen molar-refractivity contribution in [3.63, 3.8) is 0 Å². The van der Waals surface area contributed by atoms with E-state index < -0.39 is 0 Å². The van der Waals surface area contributed by atoms with Crippen molar-refractivity contribution in [3.8, 4) is 0 Å². The van der Waals surface area contributed by atoms with Crippen LogP contribution in [0.2, 0.25) is 15.7 Å². The average molecular weight is 517 g/mol. The molecule has 13 heteroatoms. The molecule has 3 heterocycles. The van der Waals surface area contributed by atoms with Gasteiger partial charge in [-0.15, -0.1) is 0 Å². The molecular formula is C20H24Cl3N7O3. The van der Waals surface area contributed by atoms with Crippen LogP contribution in [0.25, 0.3) is 0 Å². The molecule has 1 aliphatic rings. The number of nitrogens with zero attached hydrogens (tertiary/aromatic N) is 7. The van der Waals surface area contributed by atoms with Gasteiger partial charge in [-0.25, -0.2) is 15.0 Å². The number of carbonyl (C=O) groups excluding carboxylic acids is 2. The first-order chi connectivity index (χ1) is 15.6. The Morgan fingerprint density at radius 1 is 1.27 bits per heavy atom. The molecule has 3 rings (SSSR count). The maximum atomic E-state index is 12.0. The van der Waals surface area contributed by atoms with E-state index in [9.17, 15) is 9.59 Å². The van der Waals surface area contributed by atoms with E-state index in [1.165, 1.54) is 17.2 Å². The summed E-state index contributed by atoms with van der Waals surface area (Å²) < 4.78 is 5.18. The van der Waals surface area contributed by atoms with Gasteiger partial charge in [0.05, 0.1) is 30.7 Å². The van der Waals surface area contributed by atoms with Gasteiger partial charge in [0.15, 0.2) is 11.0 Å². The molecule has 1 aliphatic heterocycles. The standard InChI is InChI=1S/C12H17ClN4O2.C8H7Cl2N3O/c1-8(7-19-3)17-5-4-10(18)16(2)9-6-14-12(13)15-11(9)17;1-3-6(14)13(2)5-4-11-8(10)12-7(5)9/h6,8H,4-5,7H2,1-3H3;3-4H,1H2,2H3. The fourth-order valence-corrected chi connectivity index (χ4v) is 3.55. The summed E-state index contributed by atoms with van der Waals surface area (Å²) in [4.78, 5) is 43.7. The number of hydrogen-bond donors (Lipinski definition) is 0.